The molecule has 4 aliphatic rings. The van der Waals surface area contributed by atoms with Crippen molar-refractivity contribution in [2.24, 2.45) is 11.3 Å². The van der Waals surface area contributed by atoms with Crippen molar-refractivity contribution in [3.8, 4) is 5.69 Å². The highest BCUT2D eigenvalue weighted by molar-refractivity contribution is 6.30. The lowest BCUT2D eigenvalue weighted by atomic mass is 9.73. The minimum atomic E-state index is -2.72. The number of fused-ring (bicyclic) bond motifs is 3. The lowest BCUT2D eigenvalue weighted by Crippen LogP contribution is -2.73. The summed E-state index contributed by atoms with van der Waals surface area (Å²) in [5.74, 6) is -1.79. The van der Waals surface area contributed by atoms with Gasteiger partial charge in [-0.3, -0.25) is 9.47 Å². The van der Waals surface area contributed by atoms with Gasteiger partial charge in [0.05, 0.1) is 31.2 Å². The summed E-state index contributed by atoms with van der Waals surface area (Å²) in [5, 5.41) is 9.48. The van der Waals surface area contributed by atoms with Crippen LogP contribution in [0, 0.1) is 17.2 Å². The molecule has 2 aromatic heterocycles. The summed E-state index contributed by atoms with van der Waals surface area (Å²) in [5.41, 5.74) is 1.85. The zero-order valence-corrected chi connectivity index (χ0v) is 20.2. The van der Waals surface area contributed by atoms with E-state index < -0.39 is 17.7 Å². The smallest absolute Gasteiger partial charge is 0.263 e. The van der Waals surface area contributed by atoms with Crippen molar-refractivity contribution < 1.29 is 13.2 Å². The fourth-order valence-electron chi connectivity index (χ4n) is 5.78. The molecular weight excluding hydrogens is 493 g/mol. The Hall–Kier alpha value is -2.92. The zero-order chi connectivity index (χ0) is 24.7. The van der Waals surface area contributed by atoms with Gasteiger partial charge in [-0.25, -0.2) is 23.1 Å². The molecule has 0 bridgehead atoms. The molecule has 0 radical (unpaired) electrons. The van der Waals surface area contributed by atoms with Gasteiger partial charge in [0.15, 0.2) is 11.6 Å². The third-order valence-electron chi connectivity index (χ3n) is 7.64. The molecule has 0 amide bonds. The van der Waals surface area contributed by atoms with Gasteiger partial charge < -0.3 is 9.80 Å². The SMILES string of the molecule is Fc1cnc(N2CC3(C2)CN(c2nnc4n2-c2ccc(Cl)cc2CN(CC(F)(F)C2CC2)C4)C3)nc1. The predicted octanol–water partition coefficient (Wildman–Crippen LogP) is 3.54. The molecule has 3 aromatic rings. The van der Waals surface area contributed by atoms with E-state index in [0.717, 1.165) is 37.4 Å². The van der Waals surface area contributed by atoms with Crippen molar-refractivity contribution in [3.63, 3.8) is 0 Å². The summed E-state index contributed by atoms with van der Waals surface area (Å²) in [7, 11) is 0. The number of aromatic nitrogens is 5. The van der Waals surface area contributed by atoms with Gasteiger partial charge in [0.2, 0.25) is 11.9 Å². The van der Waals surface area contributed by atoms with E-state index in [9.17, 15) is 13.2 Å². The van der Waals surface area contributed by atoms with Crippen molar-refractivity contribution in [1.29, 1.82) is 0 Å². The topological polar surface area (TPSA) is 66.2 Å². The van der Waals surface area contributed by atoms with Crippen LogP contribution in [0.2, 0.25) is 5.02 Å². The number of nitrogens with zero attached hydrogens (tertiary/aromatic N) is 8. The summed E-state index contributed by atoms with van der Waals surface area (Å²) in [6, 6.07) is 5.58. The Balaban J connectivity index is 1.12. The van der Waals surface area contributed by atoms with E-state index in [1.165, 1.54) is 12.4 Å². The standard InChI is InChI=1S/C24H24ClF3N8/c25-17-3-4-19-15(5-17)8-33(14-24(27,28)16-1-2-16)9-20-31-32-22(36(19)20)35-12-23(13-35)10-34(11-23)21-29-6-18(26)7-30-21/h3-7,16H,1-2,8-14H2. The van der Waals surface area contributed by atoms with E-state index in [0.29, 0.717) is 42.1 Å². The largest absolute Gasteiger partial charge is 0.339 e. The van der Waals surface area contributed by atoms with Crippen LogP contribution in [0.3, 0.4) is 0 Å². The quantitative estimate of drug-likeness (QED) is 0.514. The zero-order valence-electron chi connectivity index (χ0n) is 19.4. The first-order valence-electron chi connectivity index (χ1n) is 12.1. The van der Waals surface area contributed by atoms with Crippen LogP contribution in [0.15, 0.2) is 30.6 Å². The van der Waals surface area contributed by atoms with Gasteiger partial charge in [-0.1, -0.05) is 11.6 Å². The minimum absolute atomic E-state index is 0.0933. The molecule has 0 atom stereocenters. The molecular formula is C24H24ClF3N8. The van der Waals surface area contributed by atoms with Gasteiger partial charge in [0.25, 0.3) is 5.92 Å². The highest BCUT2D eigenvalue weighted by atomic mass is 35.5. The third-order valence-corrected chi connectivity index (χ3v) is 7.88. The maximum Gasteiger partial charge on any atom is 0.263 e. The van der Waals surface area contributed by atoms with Gasteiger partial charge in [0, 0.05) is 49.1 Å². The molecule has 5 heterocycles. The first-order chi connectivity index (χ1) is 17.3. The number of hydrogen-bond acceptors (Lipinski definition) is 7. The molecule has 1 spiro atoms. The highest BCUT2D eigenvalue weighted by Crippen LogP contribution is 2.45. The Morgan fingerprint density at radius 2 is 1.72 bits per heavy atom. The molecule has 188 valence electrons. The van der Waals surface area contributed by atoms with Gasteiger partial charge >= 0.3 is 0 Å². The molecule has 3 fully saturated rings. The van der Waals surface area contributed by atoms with Crippen molar-refractivity contribution in [2.75, 3.05) is 42.5 Å². The second-order valence-corrected chi connectivity index (χ2v) is 11.1. The Bertz CT molecular complexity index is 1310. The molecule has 1 aromatic carbocycles. The van der Waals surface area contributed by atoms with Gasteiger partial charge in [-0.15, -0.1) is 10.2 Å². The molecule has 36 heavy (non-hydrogen) atoms. The highest BCUT2D eigenvalue weighted by Gasteiger charge is 2.54. The predicted molar refractivity (Wildman–Crippen MR) is 127 cm³/mol. The fourth-order valence-corrected chi connectivity index (χ4v) is 5.97. The van der Waals surface area contributed by atoms with Crippen LogP contribution in [0.4, 0.5) is 25.1 Å². The molecule has 1 aliphatic carbocycles. The van der Waals surface area contributed by atoms with Crippen LogP contribution in [-0.4, -0.2) is 68.3 Å². The van der Waals surface area contributed by atoms with E-state index in [1.54, 1.807) is 4.90 Å². The molecule has 2 saturated heterocycles. The summed E-state index contributed by atoms with van der Waals surface area (Å²) in [6.45, 7) is 3.50. The second-order valence-electron chi connectivity index (χ2n) is 10.6. The maximum atomic E-state index is 14.7. The lowest BCUT2D eigenvalue weighted by Gasteiger charge is -2.60. The van der Waals surface area contributed by atoms with Crippen LogP contribution < -0.4 is 9.80 Å². The maximum absolute atomic E-state index is 14.7. The molecule has 7 rings (SSSR count). The Morgan fingerprint density at radius 3 is 2.44 bits per heavy atom. The van der Waals surface area contributed by atoms with Crippen molar-refractivity contribution in [2.45, 2.75) is 31.9 Å². The normalized spacial score (nSPS) is 21.0. The number of hydrogen-bond donors (Lipinski definition) is 0. The van der Waals surface area contributed by atoms with Crippen LogP contribution >= 0.6 is 11.6 Å². The number of anilines is 2. The van der Waals surface area contributed by atoms with Crippen LogP contribution in [-0.2, 0) is 13.1 Å². The fraction of sp³-hybridized carbons (Fsp3) is 0.500. The minimum Gasteiger partial charge on any atom is -0.339 e. The lowest BCUT2D eigenvalue weighted by molar-refractivity contribution is -0.0558. The molecule has 8 nitrogen and oxygen atoms in total. The molecule has 12 heteroatoms. The van der Waals surface area contributed by atoms with Crippen LogP contribution in [0.25, 0.3) is 5.69 Å². The second kappa shape index (κ2) is 7.79. The molecule has 3 aliphatic heterocycles. The van der Waals surface area contributed by atoms with Crippen molar-refractivity contribution in [1.82, 2.24) is 29.6 Å². The Kier molecular flexibility index (Phi) is 4.82. The van der Waals surface area contributed by atoms with E-state index in [2.05, 4.69) is 25.1 Å². The van der Waals surface area contributed by atoms with E-state index >= 15 is 0 Å². The van der Waals surface area contributed by atoms with Gasteiger partial charge in [-0.2, -0.15) is 0 Å². The molecule has 0 unspecified atom stereocenters. The first kappa shape index (κ1) is 22.3. The van der Waals surface area contributed by atoms with E-state index in [4.69, 9.17) is 11.6 Å². The van der Waals surface area contributed by atoms with E-state index in [1.807, 2.05) is 27.7 Å². The average molecular weight is 517 g/mol. The summed E-state index contributed by atoms with van der Waals surface area (Å²) in [6.07, 6.45) is 3.54. The summed E-state index contributed by atoms with van der Waals surface area (Å²) in [4.78, 5) is 14.1. The Labute approximate surface area is 210 Å². The molecule has 0 N–H and O–H groups in total. The number of benzene rings is 1. The third kappa shape index (κ3) is 3.71. The number of halogens is 4. The first-order valence-corrected chi connectivity index (χ1v) is 12.5. The van der Waals surface area contributed by atoms with Crippen molar-refractivity contribution in [3.05, 3.63) is 52.8 Å². The van der Waals surface area contributed by atoms with Crippen LogP contribution in [0.1, 0.15) is 24.2 Å². The molecule has 1 saturated carbocycles. The number of rotatable bonds is 5. The van der Waals surface area contributed by atoms with E-state index in [-0.39, 0.29) is 18.5 Å². The van der Waals surface area contributed by atoms with Crippen LogP contribution in [0.5, 0.6) is 0 Å². The summed E-state index contributed by atoms with van der Waals surface area (Å²) >= 11 is 6.30. The monoisotopic (exact) mass is 516 g/mol. The summed E-state index contributed by atoms with van der Waals surface area (Å²) < 4.78 is 44.5. The van der Waals surface area contributed by atoms with Gasteiger partial charge in [-0.05, 0) is 36.6 Å². The Morgan fingerprint density at radius 1 is 1.00 bits per heavy atom. The number of alkyl halides is 2. The van der Waals surface area contributed by atoms with Crippen molar-refractivity contribution >= 4 is 23.5 Å². The average Bonchev–Trinajstić information content (AvgIpc) is 3.58. The van der Waals surface area contributed by atoms with Gasteiger partial charge in [0.1, 0.15) is 0 Å².